The van der Waals surface area contributed by atoms with Crippen molar-refractivity contribution in [1.29, 1.82) is 0 Å². The van der Waals surface area contributed by atoms with Gasteiger partial charge in [0.05, 0.1) is 17.6 Å². The van der Waals surface area contributed by atoms with Crippen molar-refractivity contribution in [2.45, 2.75) is 26.2 Å². The molecule has 4 heteroatoms. The lowest BCUT2D eigenvalue weighted by Gasteiger charge is -2.14. The van der Waals surface area contributed by atoms with Crippen LogP contribution >= 0.6 is 0 Å². The fraction of sp³-hybridized carbons (Fsp3) is 0.286. The Morgan fingerprint density at radius 3 is 2.61 bits per heavy atom. The normalized spacial score (nSPS) is 11.5. The van der Waals surface area contributed by atoms with Crippen LogP contribution in [0.25, 0.3) is 5.69 Å². The Bertz CT molecular complexity index is 579. The predicted octanol–water partition coefficient (Wildman–Crippen LogP) is 2.87. The lowest BCUT2D eigenvalue weighted by molar-refractivity contribution is 0.0697. The van der Waals surface area contributed by atoms with Gasteiger partial charge in [0.1, 0.15) is 0 Å². The summed E-state index contributed by atoms with van der Waals surface area (Å²) in [4.78, 5) is 15.3. The molecule has 0 spiro atoms. The Kier molecular flexibility index (Phi) is 2.95. The number of nitrogens with zero attached hydrogens (tertiary/aromatic N) is 2. The quantitative estimate of drug-likeness (QED) is 0.883. The summed E-state index contributed by atoms with van der Waals surface area (Å²) in [6, 6.07) is 6.81. The highest BCUT2D eigenvalue weighted by Crippen LogP contribution is 2.21. The minimum absolute atomic E-state index is 0.0182. The van der Waals surface area contributed by atoms with Crippen molar-refractivity contribution in [3.05, 3.63) is 48.0 Å². The third-order valence-electron chi connectivity index (χ3n) is 2.74. The van der Waals surface area contributed by atoms with Gasteiger partial charge in [-0.05, 0) is 18.2 Å². The van der Waals surface area contributed by atoms with Crippen molar-refractivity contribution in [1.82, 2.24) is 9.55 Å². The Morgan fingerprint density at radius 1 is 1.33 bits per heavy atom. The number of rotatable bonds is 2. The zero-order chi connectivity index (χ0) is 13.3. The maximum atomic E-state index is 10.9. The monoisotopic (exact) mass is 244 g/mol. The van der Waals surface area contributed by atoms with Gasteiger partial charge in [-0.15, -0.1) is 0 Å². The SMILES string of the molecule is CC(C)(C)c1cn(-c2cccc(C(=O)O)c2)cn1. The Balaban J connectivity index is 2.40. The first-order valence-corrected chi connectivity index (χ1v) is 5.76. The zero-order valence-electron chi connectivity index (χ0n) is 10.7. The van der Waals surface area contributed by atoms with Gasteiger partial charge in [-0.1, -0.05) is 26.8 Å². The average Bonchev–Trinajstić information content (AvgIpc) is 2.78. The Labute approximate surface area is 106 Å². The van der Waals surface area contributed by atoms with E-state index in [1.165, 1.54) is 0 Å². The van der Waals surface area contributed by atoms with Gasteiger partial charge in [0.2, 0.25) is 0 Å². The first kappa shape index (κ1) is 12.4. The molecule has 0 bridgehead atoms. The smallest absolute Gasteiger partial charge is 0.335 e. The summed E-state index contributed by atoms with van der Waals surface area (Å²) in [5.74, 6) is -0.923. The summed E-state index contributed by atoms with van der Waals surface area (Å²) < 4.78 is 1.84. The van der Waals surface area contributed by atoms with E-state index in [1.54, 1.807) is 24.5 Å². The largest absolute Gasteiger partial charge is 0.478 e. The number of hydrogen-bond donors (Lipinski definition) is 1. The third-order valence-corrected chi connectivity index (χ3v) is 2.74. The molecule has 1 aromatic carbocycles. The Morgan fingerprint density at radius 2 is 2.06 bits per heavy atom. The van der Waals surface area contributed by atoms with Crippen LogP contribution in [0.2, 0.25) is 0 Å². The molecule has 1 heterocycles. The summed E-state index contributed by atoms with van der Waals surface area (Å²) >= 11 is 0. The number of carbonyl (C=O) groups is 1. The van der Waals surface area contributed by atoms with E-state index in [0.717, 1.165) is 11.4 Å². The number of carboxylic acids is 1. The number of aromatic nitrogens is 2. The van der Waals surface area contributed by atoms with Crippen LogP contribution in [0.1, 0.15) is 36.8 Å². The topological polar surface area (TPSA) is 55.1 Å². The molecule has 0 radical (unpaired) electrons. The van der Waals surface area contributed by atoms with Crippen LogP contribution in [0.4, 0.5) is 0 Å². The van der Waals surface area contributed by atoms with Gasteiger partial charge in [-0.25, -0.2) is 9.78 Å². The van der Waals surface area contributed by atoms with Crippen molar-refractivity contribution in [3.8, 4) is 5.69 Å². The van der Waals surface area contributed by atoms with E-state index in [9.17, 15) is 4.79 Å². The van der Waals surface area contributed by atoms with Crippen LogP contribution in [0.3, 0.4) is 0 Å². The molecule has 0 unspecified atom stereocenters. The molecule has 0 saturated heterocycles. The number of carboxylic acid groups (broad SMARTS) is 1. The first-order valence-electron chi connectivity index (χ1n) is 5.76. The second kappa shape index (κ2) is 4.29. The fourth-order valence-electron chi connectivity index (χ4n) is 1.65. The molecule has 4 nitrogen and oxygen atoms in total. The maximum Gasteiger partial charge on any atom is 0.335 e. The summed E-state index contributed by atoms with van der Waals surface area (Å²) in [6.45, 7) is 6.27. The van der Waals surface area contributed by atoms with E-state index in [2.05, 4.69) is 25.8 Å². The third kappa shape index (κ3) is 2.42. The molecule has 0 aliphatic rings. The lowest BCUT2D eigenvalue weighted by Crippen LogP contribution is -2.11. The molecule has 0 aliphatic carbocycles. The second-order valence-corrected chi connectivity index (χ2v) is 5.27. The fourth-order valence-corrected chi connectivity index (χ4v) is 1.65. The molecule has 2 rings (SSSR count). The molecule has 0 amide bonds. The summed E-state index contributed by atoms with van der Waals surface area (Å²) in [6.07, 6.45) is 3.64. The van der Waals surface area contributed by atoms with Crippen LogP contribution in [0, 0.1) is 0 Å². The minimum Gasteiger partial charge on any atom is -0.478 e. The molecule has 2 aromatic rings. The van der Waals surface area contributed by atoms with E-state index in [1.807, 2.05) is 16.8 Å². The van der Waals surface area contributed by atoms with Crippen LogP contribution in [0.5, 0.6) is 0 Å². The summed E-state index contributed by atoms with van der Waals surface area (Å²) in [5.41, 5.74) is 2.04. The highest BCUT2D eigenvalue weighted by Gasteiger charge is 2.17. The van der Waals surface area contributed by atoms with E-state index in [0.29, 0.717) is 0 Å². The van der Waals surface area contributed by atoms with Gasteiger partial charge in [0, 0.05) is 17.3 Å². The maximum absolute atomic E-state index is 10.9. The van der Waals surface area contributed by atoms with Crippen molar-refractivity contribution in [2.24, 2.45) is 0 Å². The summed E-state index contributed by atoms with van der Waals surface area (Å²) in [7, 11) is 0. The van der Waals surface area contributed by atoms with Crippen LogP contribution in [-0.4, -0.2) is 20.6 Å². The number of imidazole rings is 1. The molecule has 94 valence electrons. The van der Waals surface area contributed by atoms with Gasteiger partial charge >= 0.3 is 5.97 Å². The Hall–Kier alpha value is -2.10. The molecule has 0 atom stereocenters. The van der Waals surface area contributed by atoms with Gasteiger partial charge in [0.25, 0.3) is 0 Å². The molecule has 0 aliphatic heterocycles. The van der Waals surface area contributed by atoms with E-state index in [-0.39, 0.29) is 11.0 Å². The molecular formula is C14H16N2O2. The highest BCUT2D eigenvalue weighted by molar-refractivity contribution is 5.88. The highest BCUT2D eigenvalue weighted by atomic mass is 16.4. The predicted molar refractivity (Wildman–Crippen MR) is 69.2 cm³/mol. The molecule has 18 heavy (non-hydrogen) atoms. The standard InChI is InChI=1S/C14H16N2O2/c1-14(2,3)12-8-16(9-15-12)11-6-4-5-10(7-11)13(17)18/h4-9H,1-3H3,(H,17,18). The van der Waals surface area contributed by atoms with Crippen molar-refractivity contribution in [2.75, 3.05) is 0 Å². The molecule has 1 aromatic heterocycles. The lowest BCUT2D eigenvalue weighted by atomic mass is 9.93. The van der Waals surface area contributed by atoms with Crippen LogP contribution in [0.15, 0.2) is 36.8 Å². The molecule has 0 fully saturated rings. The number of hydrogen-bond acceptors (Lipinski definition) is 2. The number of aromatic carboxylic acids is 1. The van der Waals surface area contributed by atoms with E-state index >= 15 is 0 Å². The van der Waals surface area contributed by atoms with E-state index in [4.69, 9.17) is 5.11 Å². The van der Waals surface area contributed by atoms with Gasteiger partial charge < -0.3 is 9.67 Å². The van der Waals surface area contributed by atoms with Gasteiger partial charge in [-0.3, -0.25) is 0 Å². The van der Waals surface area contributed by atoms with Crippen molar-refractivity contribution >= 4 is 5.97 Å². The summed E-state index contributed by atoms with van der Waals surface area (Å²) in [5, 5.41) is 8.97. The molecular weight excluding hydrogens is 228 g/mol. The average molecular weight is 244 g/mol. The van der Waals surface area contributed by atoms with Gasteiger partial charge in [-0.2, -0.15) is 0 Å². The van der Waals surface area contributed by atoms with Crippen LogP contribution in [-0.2, 0) is 5.41 Å². The molecule has 1 N–H and O–H groups in total. The van der Waals surface area contributed by atoms with Gasteiger partial charge in [0.15, 0.2) is 0 Å². The minimum atomic E-state index is -0.923. The second-order valence-electron chi connectivity index (χ2n) is 5.27. The van der Waals surface area contributed by atoms with Crippen molar-refractivity contribution in [3.63, 3.8) is 0 Å². The zero-order valence-corrected chi connectivity index (χ0v) is 10.7. The van der Waals surface area contributed by atoms with Crippen molar-refractivity contribution < 1.29 is 9.90 Å². The van der Waals surface area contributed by atoms with Crippen LogP contribution < -0.4 is 0 Å². The number of benzene rings is 1. The van der Waals surface area contributed by atoms with E-state index < -0.39 is 5.97 Å². The first-order chi connectivity index (χ1) is 8.38. The molecule has 0 saturated carbocycles.